The van der Waals surface area contributed by atoms with E-state index in [-0.39, 0.29) is 16.7 Å². The summed E-state index contributed by atoms with van der Waals surface area (Å²) in [6.45, 7) is 0. The number of carboxylic acid groups (broad SMARTS) is 2. The zero-order valence-corrected chi connectivity index (χ0v) is 6.39. The molecule has 0 aliphatic carbocycles. The SMILES string of the molecule is O.O=C(O)c1ccc(C(=O)O)nc1. The van der Waals surface area contributed by atoms with Crippen molar-refractivity contribution in [2.24, 2.45) is 0 Å². The summed E-state index contributed by atoms with van der Waals surface area (Å²) in [4.78, 5) is 24.0. The van der Waals surface area contributed by atoms with Gasteiger partial charge in [0.15, 0.2) is 0 Å². The normalized spacial score (nSPS) is 8.62. The van der Waals surface area contributed by atoms with Gasteiger partial charge in [0.2, 0.25) is 0 Å². The predicted molar refractivity (Wildman–Crippen MR) is 41.8 cm³/mol. The van der Waals surface area contributed by atoms with Crippen molar-refractivity contribution < 1.29 is 25.3 Å². The Labute approximate surface area is 72.8 Å². The number of nitrogens with zero attached hydrogens (tertiary/aromatic N) is 1. The van der Waals surface area contributed by atoms with Gasteiger partial charge in [0.1, 0.15) is 5.69 Å². The Morgan fingerprint density at radius 2 is 1.77 bits per heavy atom. The summed E-state index contributed by atoms with van der Waals surface area (Å²) in [6.07, 6.45) is 1.01. The van der Waals surface area contributed by atoms with Crippen molar-refractivity contribution in [2.45, 2.75) is 0 Å². The minimum atomic E-state index is -1.17. The summed E-state index contributed by atoms with van der Waals surface area (Å²) in [7, 11) is 0. The number of rotatable bonds is 2. The van der Waals surface area contributed by atoms with Crippen LogP contribution in [0, 0.1) is 0 Å². The van der Waals surface area contributed by atoms with Crippen molar-refractivity contribution in [1.82, 2.24) is 4.98 Å². The molecule has 6 heteroatoms. The summed E-state index contributed by atoms with van der Waals surface area (Å²) in [6, 6.07) is 2.34. The molecule has 1 aromatic heterocycles. The topological polar surface area (TPSA) is 119 Å². The van der Waals surface area contributed by atoms with Crippen molar-refractivity contribution in [1.29, 1.82) is 0 Å². The lowest BCUT2D eigenvalue weighted by Crippen LogP contribution is -2.02. The second kappa shape index (κ2) is 4.17. The Morgan fingerprint density at radius 1 is 1.15 bits per heavy atom. The summed E-state index contributed by atoms with van der Waals surface area (Å²) >= 11 is 0. The Kier molecular flexibility index (Phi) is 3.54. The van der Waals surface area contributed by atoms with Crippen LogP contribution in [0.1, 0.15) is 20.8 Å². The molecule has 0 atom stereocenters. The summed E-state index contributed by atoms with van der Waals surface area (Å²) in [5.41, 5.74) is -0.194. The van der Waals surface area contributed by atoms with E-state index in [2.05, 4.69) is 4.98 Å². The fourth-order valence-corrected chi connectivity index (χ4v) is 0.647. The molecule has 1 aromatic rings. The monoisotopic (exact) mass is 185 g/mol. The number of hydrogen-bond acceptors (Lipinski definition) is 3. The van der Waals surface area contributed by atoms with E-state index < -0.39 is 11.9 Å². The molecule has 1 rings (SSSR count). The molecule has 0 saturated carbocycles. The minimum Gasteiger partial charge on any atom is -0.478 e. The molecule has 0 saturated heterocycles. The van der Waals surface area contributed by atoms with Gasteiger partial charge in [0.25, 0.3) is 0 Å². The second-order valence-electron chi connectivity index (χ2n) is 2.04. The first-order chi connectivity index (χ1) is 5.61. The molecule has 13 heavy (non-hydrogen) atoms. The fraction of sp³-hybridized carbons (Fsp3) is 0. The summed E-state index contributed by atoms with van der Waals surface area (Å²) in [5.74, 6) is -2.30. The fourth-order valence-electron chi connectivity index (χ4n) is 0.647. The van der Waals surface area contributed by atoms with Gasteiger partial charge in [0, 0.05) is 6.20 Å². The molecule has 1 heterocycles. The van der Waals surface area contributed by atoms with Crippen LogP contribution < -0.4 is 0 Å². The maximum atomic E-state index is 10.3. The largest absolute Gasteiger partial charge is 0.478 e. The molecule has 0 bridgehead atoms. The first kappa shape index (κ1) is 11.1. The predicted octanol–water partition coefficient (Wildman–Crippen LogP) is -0.347. The molecular formula is C7H7NO5. The average molecular weight is 185 g/mol. The first-order valence-corrected chi connectivity index (χ1v) is 3.04. The molecule has 70 valence electrons. The Hall–Kier alpha value is -1.95. The number of pyridine rings is 1. The molecular weight excluding hydrogens is 178 g/mol. The zero-order valence-electron chi connectivity index (χ0n) is 6.39. The first-order valence-electron chi connectivity index (χ1n) is 3.04. The lowest BCUT2D eigenvalue weighted by Gasteiger charge is -1.93. The smallest absolute Gasteiger partial charge is 0.354 e. The van der Waals surface area contributed by atoms with E-state index in [0.29, 0.717) is 0 Å². The van der Waals surface area contributed by atoms with Gasteiger partial charge in [-0.3, -0.25) is 0 Å². The van der Waals surface area contributed by atoms with Gasteiger partial charge in [-0.2, -0.15) is 0 Å². The zero-order chi connectivity index (χ0) is 9.14. The van der Waals surface area contributed by atoms with E-state index in [4.69, 9.17) is 10.2 Å². The molecule has 0 unspecified atom stereocenters. The molecule has 0 amide bonds. The van der Waals surface area contributed by atoms with Gasteiger partial charge < -0.3 is 15.7 Å². The van der Waals surface area contributed by atoms with Crippen LogP contribution in [-0.4, -0.2) is 32.6 Å². The highest BCUT2D eigenvalue weighted by Gasteiger charge is 2.06. The van der Waals surface area contributed by atoms with E-state index in [9.17, 15) is 9.59 Å². The highest BCUT2D eigenvalue weighted by Crippen LogP contribution is 1.99. The van der Waals surface area contributed by atoms with Gasteiger partial charge in [-0.25, -0.2) is 14.6 Å². The lowest BCUT2D eigenvalue weighted by atomic mass is 10.2. The third-order valence-corrected chi connectivity index (χ3v) is 1.23. The standard InChI is InChI=1S/C7H5NO4.H2O/c9-6(10)4-1-2-5(7(11)12)8-3-4;/h1-3H,(H,9,10)(H,11,12);1H2. The van der Waals surface area contributed by atoms with E-state index in [1.807, 2.05) is 0 Å². The van der Waals surface area contributed by atoms with Crippen LogP contribution in [0.25, 0.3) is 0 Å². The number of hydrogen-bond donors (Lipinski definition) is 2. The third-order valence-electron chi connectivity index (χ3n) is 1.23. The molecule has 0 spiro atoms. The van der Waals surface area contributed by atoms with Crippen LogP contribution in [0.5, 0.6) is 0 Å². The van der Waals surface area contributed by atoms with Crippen LogP contribution in [0.4, 0.5) is 0 Å². The van der Waals surface area contributed by atoms with Crippen molar-refractivity contribution >= 4 is 11.9 Å². The molecule has 0 aliphatic rings. The number of aromatic carboxylic acids is 2. The third kappa shape index (κ3) is 2.53. The average Bonchev–Trinajstić information content (AvgIpc) is 2.04. The Morgan fingerprint density at radius 3 is 2.08 bits per heavy atom. The summed E-state index contributed by atoms with van der Waals surface area (Å²) in [5, 5.41) is 16.8. The molecule has 0 aromatic carbocycles. The van der Waals surface area contributed by atoms with E-state index in [0.717, 1.165) is 12.3 Å². The number of aromatic nitrogens is 1. The minimum absolute atomic E-state index is 0. The molecule has 0 fully saturated rings. The van der Waals surface area contributed by atoms with Crippen molar-refractivity contribution in [3.8, 4) is 0 Å². The highest BCUT2D eigenvalue weighted by atomic mass is 16.4. The van der Waals surface area contributed by atoms with Crippen LogP contribution in [-0.2, 0) is 0 Å². The molecule has 0 radical (unpaired) electrons. The molecule has 4 N–H and O–H groups in total. The van der Waals surface area contributed by atoms with E-state index in [1.54, 1.807) is 0 Å². The number of carbonyl (C=O) groups is 2. The Balaban J connectivity index is 0.00000144. The van der Waals surface area contributed by atoms with Crippen molar-refractivity contribution in [3.05, 3.63) is 29.6 Å². The lowest BCUT2D eigenvalue weighted by molar-refractivity contribution is 0.0676. The van der Waals surface area contributed by atoms with Gasteiger partial charge in [0.05, 0.1) is 5.56 Å². The van der Waals surface area contributed by atoms with Gasteiger partial charge in [-0.15, -0.1) is 0 Å². The Bertz CT molecular complexity index is 285. The summed E-state index contributed by atoms with van der Waals surface area (Å²) < 4.78 is 0. The number of carboxylic acids is 2. The van der Waals surface area contributed by atoms with Crippen LogP contribution >= 0.6 is 0 Å². The molecule has 0 aliphatic heterocycles. The van der Waals surface area contributed by atoms with Gasteiger partial charge >= 0.3 is 11.9 Å². The maximum Gasteiger partial charge on any atom is 0.354 e. The second-order valence-corrected chi connectivity index (χ2v) is 2.04. The van der Waals surface area contributed by atoms with E-state index >= 15 is 0 Å². The molecule has 6 nitrogen and oxygen atoms in total. The van der Waals surface area contributed by atoms with Crippen LogP contribution in [0.2, 0.25) is 0 Å². The van der Waals surface area contributed by atoms with E-state index in [1.165, 1.54) is 6.07 Å². The van der Waals surface area contributed by atoms with Gasteiger partial charge in [-0.05, 0) is 12.1 Å². The highest BCUT2D eigenvalue weighted by molar-refractivity contribution is 5.89. The maximum absolute atomic E-state index is 10.3. The van der Waals surface area contributed by atoms with Gasteiger partial charge in [-0.1, -0.05) is 0 Å². The van der Waals surface area contributed by atoms with Crippen LogP contribution in [0.3, 0.4) is 0 Å². The quantitative estimate of drug-likeness (QED) is 0.652. The van der Waals surface area contributed by atoms with Crippen molar-refractivity contribution in [3.63, 3.8) is 0 Å². The van der Waals surface area contributed by atoms with Crippen molar-refractivity contribution in [2.75, 3.05) is 0 Å². The van der Waals surface area contributed by atoms with Crippen LogP contribution in [0.15, 0.2) is 18.3 Å².